The molecule has 1 unspecified atom stereocenters. The molecule has 0 heterocycles. The maximum atomic E-state index is 11.6. The minimum Gasteiger partial charge on any atom is -0.459 e. The number of carbonyl (C=O) groups excluding carboxylic acids is 1. The van der Waals surface area contributed by atoms with Crippen LogP contribution in [0.4, 0.5) is 0 Å². The number of carbonyl (C=O) groups is 1. The Morgan fingerprint density at radius 3 is 2.41 bits per heavy atom. The van der Waals surface area contributed by atoms with Gasteiger partial charge in [-0.05, 0) is 31.4 Å². The SMILES string of the molecule is Cc1ccc(C(=O)OCC(O)CC(C)C)cc1. The lowest BCUT2D eigenvalue weighted by Gasteiger charge is -2.13. The predicted octanol–water partition coefficient (Wildman–Crippen LogP) is 2.56. The van der Waals surface area contributed by atoms with E-state index < -0.39 is 6.10 Å². The van der Waals surface area contributed by atoms with Crippen molar-refractivity contribution < 1.29 is 14.6 Å². The van der Waals surface area contributed by atoms with Crippen LogP contribution in [0.1, 0.15) is 36.2 Å². The average molecular weight is 236 g/mol. The highest BCUT2D eigenvalue weighted by atomic mass is 16.5. The summed E-state index contributed by atoms with van der Waals surface area (Å²) in [4.78, 5) is 11.6. The molecule has 3 heteroatoms. The van der Waals surface area contributed by atoms with Crippen molar-refractivity contribution in [2.75, 3.05) is 6.61 Å². The van der Waals surface area contributed by atoms with Crippen molar-refractivity contribution in [3.63, 3.8) is 0 Å². The molecule has 94 valence electrons. The van der Waals surface area contributed by atoms with E-state index in [1.54, 1.807) is 12.1 Å². The smallest absolute Gasteiger partial charge is 0.338 e. The summed E-state index contributed by atoms with van der Waals surface area (Å²) in [5.41, 5.74) is 1.62. The van der Waals surface area contributed by atoms with E-state index in [1.165, 1.54) is 0 Å². The van der Waals surface area contributed by atoms with Gasteiger partial charge in [0, 0.05) is 0 Å². The first-order chi connectivity index (χ1) is 7.99. The lowest BCUT2D eigenvalue weighted by Crippen LogP contribution is -2.20. The minimum atomic E-state index is -0.579. The molecule has 0 radical (unpaired) electrons. The van der Waals surface area contributed by atoms with E-state index >= 15 is 0 Å². The third kappa shape index (κ3) is 5.00. The van der Waals surface area contributed by atoms with Gasteiger partial charge in [0.1, 0.15) is 6.61 Å². The number of esters is 1. The van der Waals surface area contributed by atoms with Crippen LogP contribution in [-0.4, -0.2) is 23.8 Å². The Morgan fingerprint density at radius 1 is 1.29 bits per heavy atom. The van der Waals surface area contributed by atoms with Crippen LogP contribution >= 0.6 is 0 Å². The molecule has 1 N–H and O–H groups in total. The number of benzene rings is 1. The summed E-state index contributed by atoms with van der Waals surface area (Å²) in [7, 11) is 0. The van der Waals surface area contributed by atoms with Gasteiger partial charge < -0.3 is 9.84 Å². The van der Waals surface area contributed by atoms with Gasteiger partial charge >= 0.3 is 5.97 Å². The van der Waals surface area contributed by atoms with Crippen LogP contribution in [0.2, 0.25) is 0 Å². The van der Waals surface area contributed by atoms with E-state index in [-0.39, 0.29) is 12.6 Å². The molecule has 0 bridgehead atoms. The molecule has 0 saturated carbocycles. The molecule has 1 aromatic carbocycles. The molecule has 1 aromatic rings. The number of aryl methyl sites for hydroxylation is 1. The van der Waals surface area contributed by atoms with Gasteiger partial charge in [-0.1, -0.05) is 31.5 Å². The second-order valence-corrected chi connectivity index (χ2v) is 4.75. The van der Waals surface area contributed by atoms with Crippen LogP contribution in [0.15, 0.2) is 24.3 Å². The third-order valence-corrected chi connectivity index (χ3v) is 2.44. The Bertz CT molecular complexity index is 354. The molecular weight excluding hydrogens is 216 g/mol. The number of aliphatic hydroxyl groups excluding tert-OH is 1. The van der Waals surface area contributed by atoms with Crippen LogP contribution in [0.5, 0.6) is 0 Å². The molecule has 0 aromatic heterocycles. The zero-order chi connectivity index (χ0) is 12.8. The molecule has 1 atom stereocenters. The van der Waals surface area contributed by atoms with Gasteiger partial charge in [-0.15, -0.1) is 0 Å². The van der Waals surface area contributed by atoms with Crippen molar-refractivity contribution in [3.8, 4) is 0 Å². The highest BCUT2D eigenvalue weighted by Crippen LogP contribution is 2.08. The summed E-state index contributed by atoms with van der Waals surface area (Å²) >= 11 is 0. The van der Waals surface area contributed by atoms with Crippen LogP contribution in [0.25, 0.3) is 0 Å². The Labute approximate surface area is 102 Å². The molecule has 3 nitrogen and oxygen atoms in total. The predicted molar refractivity (Wildman–Crippen MR) is 66.9 cm³/mol. The molecule has 0 fully saturated rings. The van der Waals surface area contributed by atoms with E-state index in [0.717, 1.165) is 5.56 Å². The second kappa shape index (κ2) is 6.40. The number of hydrogen-bond acceptors (Lipinski definition) is 3. The van der Waals surface area contributed by atoms with E-state index in [4.69, 9.17) is 4.74 Å². The first-order valence-corrected chi connectivity index (χ1v) is 5.91. The second-order valence-electron chi connectivity index (χ2n) is 4.75. The molecule has 0 saturated heterocycles. The molecule has 17 heavy (non-hydrogen) atoms. The van der Waals surface area contributed by atoms with Crippen molar-refractivity contribution in [3.05, 3.63) is 35.4 Å². The largest absolute Gasteiger partial charge is 0.459 e. The van der Waals surface area contributed by atoms with E-state index in [2.05, 4.69) is 0 Å². The Balaban J connectivity index is 2.42. The van der Waals surface area contributed by atoms with Crippen LogP contribution in [-0.2, 0) is 4.74 Å². The van der Waals surface area contributed by atoms with Crippen molar-refractivity contribution in [2.24, 2.45) is 5.92 Å². The van der Waals surface area contributed by atoms with E-state index in [9.17, 15) is 9.90 Å². The fraction of sp³-hybridized carbons (Fsp3) is 0.500. The van der Waals surface area contributed by atoms with Crippen molar-refractivity contribution >= 4 is 5.97 Å². The van der Waals surface area contributed by atoms with Crippen LogP contribution in [0, 0.1) is 12.8 Å². The van der Waals surface area contributed by atoms with Gasteiger partial charge in [-0.3, -0.25) is 0 Å². The highest BCUT2D eigenvalue weighted by molar-refractivity contribution is 5.89. The fourth-order valence-electron chi connectivity index (χ4n) is 1.56. The molecular formula is C14H20O3. The quantitative estimate of drug-likeness (QED) is 0.799. The Kier molecular flexibility index (Phi) is 5.16. The molecule has 0 aliphatic heterocycles. The van der Waals surface area contributed by atoms with Gasteiger partial charge in [0.15, 0.2) is 0 Å². The first-order valence-electron chi connectivity index (χ1n) is 5.91. The van der Waals surface area contributed by atoms with Crippen LogP contribution in [0.3, 0.4) is 0 Å². The number of hydrogen-bond donors (Lipinski definition) is 1. The Hall–Kier alpha value is -1.35. The lowest BCUT2D eigenvalue weighted by atomic mass is 10.1. The standard InChI is InChI=1S/C14H20O3/c1-10(2)8-13(15)9-17-14(16)12-6-4-11(3)5-7-12/h4-7,10,13,15H,8-9H2,1-3H3. The monoisotopic (exact) mass is 236 g/mol. The number of rotatable bonds is 5. The van der Waals surface area contributed by atoms with Crippen molar-refractivity contribution in [1.29, 1.82) is 0 Å². The van der Waals surface area contributed by atoms with Gasteiger partial charge in [0.05, 0.1) is 11.7 Å². The topological polar surface area (TPSA) is 46.5 Å². The maximum absolute atomic E-state index is 11.6. The maximum Gasteiger partial charge on any atom is 0.338 e. The van der Waals surface area contributed by atoms with Gasteiger partial charge in [0.25, 0.3) is 0 Å². The van der Waals surface area contributed by atoms with Crippen LogP contribution < -0.4 is 0 Å². The summed E-state index contributed by atoms with van der Waals surface area (Å²) in [6, 6.07) is 7.18. The van der Waals surface area contributed by atoms with Gasteiger partial charge in [-0.25, -0.2) is 4.79 Å². The normalized spacial score (nSPS) is 12.5. The van der Waals surface area contributed by atoms with Crippen molar-refractivity contribution in [2.45, 2.75) is 33.3 Å². The molecule has 0 spiro atoms. The zero-order valence-electron chi connectivity index (χ0n) is 10.6. The van der Waals surface area contributed by atoms with Crippen molar-refractivity contribution in [1.82, 2.24) is 0 Å². The van der Waals surface area contributed by atoms with Gasteiger partial charge in [-0.2, -0.15) is 0 Å². The number of aliphatic hydroxyl groups is 1. The fourth-order valence-corrected chi connectivity index (χ4v) is 1.56. The minimum absolute atomic E-state index is 0.0604. The number of ether oxygens (including phenoxy) is 1. The molecule has 0 amide bonds. The summed E-state index contributed by atoms with van der Waals surface area (Å²) < 4.78 is 5.04. The van der Waals surface area contributed by atoms with E-state index in [0.29, 0.717) is 17.9 Å². The highest BCUT2D eigenvalue weighted by Gasteiger charge is 2.11. The van der Waals surface area contributed by atoms with Gasteiger partial charge in [0.2, 0.25) is 0 Å². The average Bonchev–Trinajstić information content (AvgIpc) is 2.26. The molecule has 0 aliphatic rings. The molecule has 1 rings (SSSR count). The van der Waals surface area contributed by atoms with E-state index in [1.807, 2.05) is 32.9 Å². The summed E-state index contributed by atoms with van der Waals surface area (Å²) in [6.07, 6.45) is 0.0608. The lowest BCUT2D eigenvalue weighted by molar-refractivity contribution is 0.0209. The molecule has 0 aliphatic carbocycles. The summed E-state index contributed by atoms with van der Waals surface area (Å²) in [5.74, 6) is 0.0101. The first kappa shape index (κ1) is 13.7. The summed E-state index contributed by atoms with van der Waals surface area (Å²) in [6.45, 7) is 6.06. The Morgan fingerprint density at radius 2 is 1.88 bits per heavy atom. The zero-order valence-corrected chi connectivity index (χ0v) is 10.6. The third-order valence-electron chi connectivity index (χ3n) is 2.44. The summed E-state index contributed by atoms with van der Waals surface area (Å²) in [5, 5.41) is 9.58.